The zero-order valence-corrected chi connectivity index (χ0v) is 31.3. The van der Waals surface area contributed by atoms with E-state index in [0.717, 1.165) is 22.3 Å². The molecule has 10 nitrogen and oxygen atoms in total. The number of nitrogens with one attached hydrogen (secondary N) is 2. The molecule has 0 radical (unpaired) electrons. The Bertz CT molecular complexity index is 2200. The summed E-state index contributed by atoms with van der Waals surface area (Å²) >= 11 is 0. The van der Waals surface area contributed by atoms with Crippen LogP contribution < -0.4 is 29.6 Å². The maximum absolute atomic E-state index is 13.7. The first kappa shape index (κ1) is 39.6. The van der Waals surface area contributed by atoms with Gasteiger partial charge in [-0.2, -0.15) is 0 Å². The van der Waals surface area contributed by atoms with Gasteiger partial charge in [-0.3, -0.25) is 9.59 Å². The Morgan fingerprint density at radius 1 is 0.474 bits per heavy atom. The Morgan fingerprint density at radius 2 is 0.860 bits per heavy atom. The van der Waals surface area contributed by atoms with Crippen molar-refractivity contribution >= 4 is 17.8 Å². The second-order valence-electron chi connectivity index (χ2n) is 13.1. The first-order valence-corrected chi connectivity index (χ1v) is 18.7. The molecule has 6 rings (SSSR count). The number of carbonyl (C=O) groups is 3. The van der Waals surface area contributed by atoms with Crippen LogP contribution in [0.3, 0.4) is 0 Å². The Kier molecular flexibility index (Phi) is 14.3. The van der Waals surface area contributed by atoms with Gasteiger partial charge in [0.25, 0.3) is 11.8 Å². The summed E-state index contributed by atoms with van der Waals surface area (Å²) in [5, 5.41) is 15.6. The molecule has 0 saturated heterocycles. The van der Waals surface area contributed by atoms with Crippen LogP contribution in [0.4, 0.5) is 0 Å². The Labute approximate surface area is 332 Å². The molecule has 10 heteroatoms. The number of carboxylic acids is 1. The molecule has 0 aromatic heterocycles. The molecule has 2 amide bonds. The summed E-state index contributed by atoms with van der Waals surface area (Å²) in [6.07, 6.45) is 0.300. The van der Waals surface area contributed by atoms with Crippen LogP contribution >= 0.6 is 0 Å². The minimum Gasteiger partial charge on any atom is -0.485 e. The van der Waals surface area contributed by atoms with Gasteiger partial charge in [-0.15, -0.1) is 0 Å². The van der Waals surface area contributed by atoms with Crippen molar-refractivity contribution in [1.29, 1.82) is 0 Å². The third-order valence-electron chi connectivity index (χ3n) is 8.93. The van der Waals surface area contributed by atoms with Gasteiger partial charge in [0, 0.05) is 6.54 Å². The maximum atomic E-state index is 13.7. The molecule has 1 unspecified atom stereocenters. The Morgan fingerprint density at radius 3 is 1.26 bits per heavy atom. The molecule has 0 spiro atoms. The molecule has 6 aromatic rings. The number of amides is 2. The number of carboxylic acid groups (broad SMARTS) is 1. The summed E-state index contributed by atoms with van der Waals surface area (Å²) in [7, 11) is 0. The van der Waals surface area contributed by atoms with E-state index in [1.54, 1.807) is 36.4 Å². The summed E-state index contributed by atoms with van der Waals surface area (Å²) < 4.78 is 24.6. The molecule has 0 bridgehead atoms. The van der Waals surface area contributed by atoms with Crippen molar-refractivity contribution in [3.05, 3.63) is 191 Å². The van der Waals surface area contributed by atoms with E-state index < -0.39 is 23.8 Å². The molecule has 6 aromatic carbocycles. The molecule has 0 heterocycles. The molecule has 0 saturated carbocycles. The molecular formula is C47H44N2O8. The highest BCUT2D eigenvalue weighted by Crippen LogP contribution is 2.34. The zero-order valence-electron chi connectivity index (χ0n) is 31.3. The highest BCUT2D eigenvalue weighted by Gasteiger charge is 2.25. The summed E-state index contributed by atoms with van der Waals surface area (Å²) in [4.78, 5) is 39.7. The van der Waals surface area contributed by atoms with E-state index in [1.807, 2.05) is 121 Å². The SMILES string of the molecule is O=C(NCCCC(NC(=O)c1cccc(OCc2ccccc2)c1OCc1ccccc1)C(=O)O)c1cccc(OCc2ccccc2)c1OCc1ccccc1. The van der Waals surface area contributed by atoms with Crippen molar-refractivity contribution < 1.29 is 38.4 Å². The Hall–Kier alpha value is -7.07. The fraction of sp³-hybridized carbons (Fsp3) is 0.170. The fourth-order valence-electron chi connectivity index (χ4n) is 5.94. The molecule has 1 atom stereocenters. The minimum absolute atomic E-state index is 0.0450. The first-order chi connectivity index (χ1) is 27.9. The van der Waals surface area contributed by atoms with E-state index in [2.05, 4.69) is 10.6 Å². The van der Waals surface area contributed by atoms with Crippen LogP contribution in [0.2, 0.25) is 0 Å². The highest BCUT2D eigenvalue weighted by molar-refractivity contribution is 6.00. The lowest BCUT2D eigenvalue weighted by molar-refractivity contribution is -0.139. The molecule has 57 heavy (non-hydrogen) atoms. The van der Waals surface area contributed by atoms with Crippen molar-refractivity contribution in [3.63, 3.8) is 0 Å². The number of benzene rings is 6. The predicted molar refractivity (Wildman–Crippen MR) is 216 cm³/mol. The quantitative estimate of drug-likeness (QED) is 0.0661. The summed E-state index contributed by atoms with van der Waals surface area (Å²) in [5.41, 5.74) is 4.10. The molecule has 0 aliphatic carbocycles. The van der Waals surface area contributed by atoms with Crippen LogP contribution in [0.25, 0.3) is 0 Å². The van der Waals surface area contributed by atoms with Gasteiger partial charge in [0.2, 0.25) is 0 Å². The lowest BCUT2D eigenvalue weighted by Crippen LogP contribution is -2.41. The monoisotopic (exact) mass is 764 g/mol. The fourth-order valence-corrected chi connectivity index (χ4v) is 5.94. The molecular weight excluding hydrogens is 721 g/mol. The van der Waals surface area contributed by atoms with E-state index in [1.165, 1.54) is 0 Å². The van der Waals surface area contributed by atoms with Gasteiger partial charge in [-0.25, -0.2) is 4.79 Å². The molecule has 0 aliphatic heterocycles. The standard InChI is InChI=1S/C47H44N2O8/c50-45(38-24-13-27-41(54-30-34-16-5-1-6-17-34)43(38)56-32-36-20-9-3-10-21-36)48-29-15-26-40(47(52)53)49-46(51)39-25-14-28-42(55-31-35-18-7-2-8-19-35)44(39)57-33-37-22-11-4-12-23-37/h1-14,16-25,27-28,40H,15,26,29-33H2,(H,48,50)(H,49,51)(H,52,53). The van der Waals surface area contributed by atoms with Gasteiger partial charge >= 0.3 is 5.97 Å². The Balaban J connectivity index is 1.10. The molecule has 290 valence electrons. The third-order valence-corrected chi connectivity index (χ3v) is 8.93. The van der Waals surface area contributed by atoms with Crippen molar-refractivity contribution in [1.82, 2.24) is 10.6 Å². The normalized spacial score (nSPS) is 11.2. The number of hydrogen-bond donors (Lipinski definition) is 3. The topological polar surface area (TPSA) is 132 Å². The number of aliphatic carboxylic acids is 1. The highest BCUT2D eigenvalue weighted by atomic mass is 16.5. The van der Waals surface area contributed by atoms with Gasteiger partial charge in [0.1, 0.15) is 32.5 Å². The zero-order chi connectivity index (χ0) is 39.7. The predicted octanol–water partition coefficient (Wildman–Crippen LogP) is 8.40. The molecule has 3 N–H and O–H groups in total. The number of rotatable bonds is 20. The first-order valence-electron chi connectivity index (χ1n) is 18.7. The van der Waals surface area contributed by atoms with Crippen LogP contribution in [0.1, 0.15) is 55.8 Å². The smallest absolute Gasteiger partial charge is 0.326 e. The van der Waals surface area contributed by atoms with Crippen molar-refractivity contribution in [2.24, 2.45) is 0 Å². The number of ether oxygens (including phenoxy) is 4. The molecule has 0 aliphatic rings. The van der Waals surface area contributed by atoms with E-state index >= 15 is 0 Å². The molecule has 0 fully saturated rings. The van der Waals surface area contributed by atoms with Crippen molar-refractivity contribution in [2.75, 3.05) is 6.54 Å². The summed E-state index contributed by atoms with van der Waals surface area (Å²) in [5.74, 6) is -0.995. The van der Waals surface area contributed by atoms with Gasteiger partial charge in [0.05, 0.1) is 11.1 Å². The average molecular weight is 765 g/mol. The van der Waals surface area contributed by atoms with E-state index in [0.29, 0.717) is 17.2 Å². The van der Waals surface area contributed by atoms with Crippen molar-refractivity contribution in [3.8, 4) is 23.0 Å². The van der Waals surface area contributed by atoms with Crippen LogP contribution in [-0.2, 0) is 31.2 Å². The van der Waals surface area contributed by atoms with Gasteiger partial charge in [0.15, 0.2) is 23.0 Å². The lowest BCUT2D eigenvalue weighted by atomic mass is 10.1. The van der Waals surface area contributed by atoms with Crippen LogP contribution in [-0.4, -0.2) is 35.5 Å². The lowest BCUT2D eigenvalue weighted by Gasteiger charge is -2.19. The second kappa shape index (κ2) is 20.6. The minimum atomic E-state index is -1.25. The van der Waals surface area contributed by atoms with Crippen LogP contribution in [0, 0.1) is 0 Å². The third kappa shape index (κ3) is 11.7. The number of carbonyl (C=O) groups excluding carboxylic acids is 2. The van der Waals surface area contributed by atoms with E-state index in [-0.39, 0.29) is 62.7 Å². The summed E-state index contributed by atoms with van der Waals surface area (Å²) in [6, 6.07) is 47.2. The van der Waals surface area contributed by atoms with Crippen LogP contribution in [0.5, 0.6) is 23.0 Å². The van der Waals surface area contributed by atoms with Gasteiger partial charge < -0.3 is 34.7 Å². The van der Waals surface area contributed by atoms with Crippen LogP contribution in [0.15, 0.2) is 158 Å². The van der Waals surface area contributed by atoms with Gasteiger partial charge in [-0.05, 0) is 59.4 Å². The second-order valence-corrected chi connectivity index (χ2v) is 13.1. The van der Waals surface area contributed by atoms with Gasteiger partial charge in [-0.1, -0.05) is 133 Å². The van der Waals surface area contributed by atoms with E-state index in [9.17, 15) is 19.5 Å². The largest absolute Gasteiger partial charge is 0.485 e. The average Bonchev–Trinajstić information content (AvgIpc) is 3.25. The van der Waals surface area contributed by atoms with E-state index in [4.69, 9.17) is 18.9 Å². The van der Waals surface area contributed by atoms with Crippen molar-refractivity contribution in [2.45, 2.75) is 45.3 Å². The number of hydrogen-bond acceptors (Lipinski definition) is 7. The number of para-hydroxylation sites is 2. The maximum Gasteiger partial charge on any atom is 0.326 e. The summed E-state index contributed by atoms with van der Waals surface area (Å²) in [6.45, 7) is 1.04.